The summed E-state index contributed by atoms with van der Waals surface area (Å²) in [4.78, 5) is 13.2. The zero-order chi connectivity index (χ0) is 24.3. The van der Waals surface area contributed by atoms with Gasteiger partial charge in [0.2, 0.25) is 9.79 Å². The van der Waals surface area contributed by atoms with Gasteiger partial charge in [-0.25, -0.2) is 0 Å². The molecule has 0 saturated carbocycles. The van der Waals surface area contributed by atoms with E-state index in [0.717, 1.165) is 0 Å². The van der Waals surface area contributed by atoms with E-state index in [4.69, 9.17) is 21.1 Å². The first kappa shape index (κ1) is 25.5. The normalized spacial score (nSPS) is 21.5. The number of carbonyl (C=O) groups excluding carboxylic acids is 1. The fourth-order valence-electron chi connectivity index (χ4n) is 3.84. The molecule has 34 heavy (non-hydrogen) atoms. The van der Waals surface area contributed by atoms with Gasteiger partial charge in [0.05, 0.1) is 52.6 Å². The van der Waals surface area contributed by atoms with Crippen molar-refractivity contribution in [1.29, 1.82) is 0 Å². The molecule has 0 aromatic heterocycles. The summed E-state index contributed by atoms with van der Waals surface area (Å²) in [7, 11) is -6.96. The summed E-state index contributed by atoms with van der Waals surface area (Å²) in [5.74, 6) is -0.230. The predicted molar refractivity (Wildman–Crippen MR) is 129 cm³/mol. The Labute approximate surface area is 205 Å². The minimum atomic E-state index is -3.56. The van der Waals surface area contributed by atoms with E-state index in [9.17, 15) is 22.3 Å². The van der Waals surface area contributed by atoms with Crippen molar-refractivity contribution in [2.75, 3.05) is 52.6 Å². The van der Waals surface area contributed by atoms with Gasteiger partial charge in [-0.2, -0.15) is 9.11 Å². The molecule has 0 radical (unpaired) electrons. The van der Waals surface area contributed by atoms with Crippen LogP contribution in [0.2, 0.25) is 5.02 Å². The molecule has 0 bridgehead atoms. The number of hydrogen-bond donors (Lipinski definition) is 2. The monoisotopic (exact) mass is 530 g/mol. The van der Waals surface area contributed by atoms with Gasteiger partial charge in [-0.1, -0.05) is 26.3 Å². The molecule has 2 saturated heterocycles. The standard InChI is InChI=1S/C22H25ClN2O7S2/c23-20-6-1-17(16-22(20)34(29,30)25-9-13-32-14-10-25)15-21(26)18-2-4-19(5-3-18)33(27,28)24-7-11-31-12-8-24/h1-6,16H,7-15H2/p+2. The second kappa shape index (κ2) is 10.6. The summed E-state index contributed by atoms with van der Waals surface area (Å²) in [6.07, 6.45) is -0.0138. The second-order valence-electron chi connectivity index (χ2n) is 7.97. The highest BCUT2D eigenvalue weighted by Crippen LogP contribution is 2.31. The lowest BCUT2D eigenvalue weighted by atomic mass is 10.0. The Hall–Kier alpha value is -1.54. The lowest BCUT2D eigenvalue weighted by molar-refractivity contribution is 0.0700. The smallest absolute Gasteiger partial charge is 0.327 e. The van der Waals surface area contributed by atoms with Crippen LogP contribution in [-0.2, 0) is 45.1 Å². The SMILES string of the molecule is O=C(Cc1ccc(Cl)c([S+](=O)(O)N2CCOCC2)c1)c1ccc([S+](=O)(O)N2CCOCC2)cc1. The van der Waals surface area contributed by atoms with Crippen LogP contribution >= 0.6 is 11.6 Å². The Balaban J connectivity index is 1.49. The van der Waals surface area contributed by atoms with Gasteiger partial charge in [-0.15, -0.1) is 0 Å². The molecule has 4 rings (SSSR count). The van der Waals surface area contributed by atoms with E-state index >= 15 is 0 Å². The fourth-order valence-corrected chi connectivity index (χ4v) is 7.24. The number of rotatable bonds is 7. The van der Waals surface area contributed by atoms with Crippen LogP contribution in [0.5, 0.6) is 0 Å². The first-order valence-electron chi connectivity index (χ1n) is 10.8. The Morgan fingerprint density at radius 2 is 1.38 bits per heavy atom. The maximum atomic E-state index is 13.1. The number of ether oxygens (including phenoxy) is 2. The lowest BCUT2D eigenvalue weighted by Gasteiger charge is -2.24. The van der Waals surface area contributed by atoms with Crippen LogP contribution in [0.25, 0.3) is 0 Å². The molecule has 2 N–H and O–H groups in total. The third-order valence-corrected chi connectivity index (χ3v) is 10.1. The Morgan fingerprint density at radius 3 is 1.94 bits per heavy atom. The summed E-state index contributed by atoms with van der Waals surface area (Å²) in [5, 5.41) is 0.153. The van der Waals surface area contributed by atoms with Crippen molar-refractivity contribution in [1.82, 2.24) is 8.61 Å². The Bertz CT molecular complexity index is 1130. The molecule has 2 atom stereocenters. The maximum absolute atomic E-state index is 13.1. The van der Waals surface area contributed by atoms with E-state index < -0.39 is 20.8 Å². The van der Waals surface area contributed by atoms with Crippen molar-refractivity contribution in [2.45, 2.75) is 16.2 Å². The minimum Gasteiger partial charge on any atom is -0.378 e. The third-order valence-electron chi connectivity index (χ3n) is 5.77. The molecule has 2 heterocycles. The van der Waals surface area contributed by atoms with Crippen molar-refractivity contribution >= 4 is 38.2 Å². The average Bonchev–Trinajstić information content (AvgIpc) is 2.86. The highest BCUT2D eigenvalue weighted by Gasteiger charge is 2.42. The summed E-state index contributed by atoms with van der Waals surface area (Å²) >= 11 is 6.23. The first-order chi connectivity index (χ1) is 16.2. The molecule has 2 unspecified atom stereocenters. The van der Waals surface area contributed by atoms with Crippen molar-refractivity contribution in [2.24, 2.45) is 0 Å². The molecule has 12 heteroatoms. The van der Waals surface area contributed by atoms with Crippen LogP contribution in [0.1, 0.15) is 15.9 Å². The number of halogens is 1. The van der Waals surface area contributed by atoms with Gasteiger partial charge in [0, 0.05) is 18.1 Å². The molecule has 0 aliphatic carbocycles. The number of Topliss-reactive ketones (excluding diaryl/α,β-unsaturated/α-hetero) is 1. The highest BCUT2D eigenvalue weighted by molar-refractivity contribution is 7.95. The van der Waals surface area contributed by atoms with Gasteiger partial charge >= 0.3 is 20.8 Å². The van der Waals surface area contributed by atoms with Gasteiger partial charge in [0.25, 0.3) is 0 Å². The number of nitrogens with zero attached hydrogens (tertiary/aromatic N) is 2. The number of hydrogen-bond acceptors (Lipinski definition) is 5. The molecule has 9 nitrogen and oxygen atoms in total. The quantitative estimate of drug-likeness (QED) is 0.417. The zero-order valence-corrected chi connectivity index (χ0v) is 20.8. The van der Waals surface area contributed by atoms with E-state index in [-0.39, 0.29) is 27.0 Å². The molecule has 2 aliphatic rings. The Morgan fingerprint density at radius 1 is 0.853 bits per heavy atom. The Kier molecular flexibility index (Phi) is 7.97. The zero-order valence-electron chi connectivity index (χ0n) is 18.4. The van der Waals surface area contributed by atoms with Crippen LogP contribution in [0.3, 0.4) is 0 Å². The first-order valence-corrected chi connectivity index (χ1v) is 14.1. The number of ketones is 1. The molecule has 2 aromatic rings. The fraction of sp³-hybridized carbons (Fsp3) is 0.409. The molecule has 2 aliphatic heterocycles. The van der Waals surface area contributed by atoms with Gasteiger partial charge in [-0.05, 0) is 44.3 Å². The van der Waals surface area contributed by atoms with E-state index in [2.05, 4.69) is 0 Å². The van der Waals surface area contributed by atoms with E-state index in [0.29, 0.717) is 63.7 Å². The molecular weight excluding hydrogens is 504 g/mol. The molecule has 0 spiro atoms. The molecule has 2 fully saturated rings. The van der Waals surface area contributed by atoms with E-state index in [1.165, 1.54) is 45.0 Å². The average molecular weight is 531 g/mol. The largest absolute Gasteiger partial charge is 0.378 e. The second-order valence-corrected chi connectivity index (χ2v) is 12.3. The topological polar surface area (TPSA) is 117 Å². The molecule has 2 aromatic carbocycles. The lowest BCUT2D eigenvalue weighted by Crippen LogP contribution is -2.44. The molecule has 184 valence electrons. The van der Waals surface area contributed by atoms with E-state index in [1.807, 2.05) is 0 Å². The maximum Gasteiger partial charge on any atom is 0.327 e. The van der Waals surface area contributed by atoms with Crippen molar-refractivity contribution in [3.05, 3.63) is 58.6 Å². The van der Waals surface area contributed by atoms with Gasteiger partial charge in [0.1, 0.15) is 5.02 Å². The summed E-state index contributed by atoms with van der Waals surface area (Å²) in [6, 6.07) is 10.7. The summed E-state index contributed by atoms with van der Waals surface area (Å²) in [5.41, 5.74) is 0.915. The van der Waals surface area contributed by atoms with Gasteiger partial charge in [0.15, 0.2) is 5.78 Å². The van der Waals surface area contributed by atoms with Crippen molar-refractivity contribution in [3.8, 4) is 0 Å². The molecular formula is C22H27ClN2O7S2+2. The van der Waals surface area contributed by atoms with Crippen molar-refractivity contribution < 1.29 is 31.8 Å². The van der Waals surface area contributed by atoms with Crippen LogP contribution in [0.15, 0.2) is 52.3 Å². The van der Waals surface area contributed by atoms with Crippen LogP contribution < -0.4 is 0 Å². The van der Waals surface area contributed by atoms with E-state index in [1.54, 1.807) is 6.07 Å². The van der Waals surface area contributed by atoms with Crippen LogP contribution in [-0.4, -0.2) is 76.1 Å². The minimum absolute atomic E-state index is 0.0138. The van der Waals surface area contributed by atoms with Gasteiger partial charge < -0.3 is 9.47 Å². The third kappa shape index (κ3) is 5.48. The van der Waals surface area contributed by atoms with Crippen LogP contribution in [0.4, 0.5) is 0 Å². The van der Waals surface area contributed by atoms with Crippen molar-refractivity contribution in [3.63, 3.8) is 0 Å². The van der Waals surface area contributed by atoms with Crippen LogP contribution in [0, 0.1) is 0 Å². The molecule has 0 amide bonds. The number of carbonyl (C=O) groups is 1. The summed E-state index contributed by atoms with van der Waals surface area (Å²) < 4.78 is 60.7. The van der Waals surface area contributed by atoms with Gasteiger partial charge in [-0.3, -0.25) is 4.79 Å². The predicted octanol–water partition coefficient (Wildman–Crippen LogP) is 2.92. The number of benzene rings is 2. The number of morpholine rings is 2. The summed E-state index contributed by atoms with van der Waals surface area (Å²) in [6.45, 7) is 2.82. The highest BCUT2D eigenvalue weighted by atomic mass is 35.5.